The highest BCUT2D eigenvalue weighted by Crippen LogP contribution is 2.35. The molecule has 1 aromatic carbocycles. The topological polar surface area (TPSA) is 43.4 Å². The smallest absolute Gasteiger partial charge is 0.343 e. The monoisotopic (exact) mass is 272 g/mol. The Morgan fingerprint density at radius 1 is 1.20 bits per heavy atom. The molecular weight excluding hydrogens is 252 g/mol. The number of ketones is 1. The van der Waals surface area contributed by atoms with Crippen LogP contribution in [0.1, 0.15) is 50.4 Å². The summed E-state index contributed by atoms with van der Waals surface area (Å²) < 4.78 is 5.45. The third-order valence-electron chi connectivity index (χ3n) is 3.73. The molecule has 0 aromatic heterocycles. The maximum absolute atomic E-state index is 12.1. The van der Waals surface area contributed by atoms with E-state index in [-0.39, 0.29) is 11.2 Å². The molecule has 0 atom stereocenters. The van der Waals surface area contributed by atoms with Gasteiger partial charge in [-0.15, -0.1) is 0 Å². The average Bonchev–Trinajstić information content (AvgIpc) is 2.51. The lowest BCUT2D eigenvalue weighted by Crippen LogP contribution is -2.14. The summed E-state index contributed by atoms with van der Waals surface area (Å²) in [6.07, 6.45) is 1.97. The fourth-order valence-corrected chi connectivity index (χ4v) is 2.32. The van der Waals surface area contributed by atoms with Gasteiger partial charge in [0.2, 0.25) is 0 Å². The zero-order chi connectivity index (χ0) is 14.8. The number of hydrogen-bond acceptors (Lipinski definition) is 3. The first-order chi connectivity index (χ1) is 9.39. The van der Waals surface area contributed by atoms with Crippen LogP contribution in [0.2, 0.25) is 0 Å². The van der Waals surface area contributed by atoms with E-state index < -0.39 is 5.97 Å². The Morgan fingerprint density at radius 3 is 2.50 bits per heavy atom. The lowest BCUT2D eigenvalue weighted by molar-refractivity contribution is -0.117. The first-order valence-electron chi connectivity index (χ1n) is 6.89. The first-order valence-corrected chi connectivity index (χ1v) is 6.89. The highest BCUT2D eigenvalue weighted by molar-refractivity contribution is 5.97. The number of allylic oxidation sites excluding steroid dienone is 2. The van der Waals surface area contributed by atoms with E-state index in [1.54, 1.807) is 31.2 Å². The number of rotatable bonds is 2. The SMILES string of the molecule is CC1=C(OC(=O)c2ccccc2)CCC(C)(C)CC1=O. The molecule has 0 saturated heterocycles. The Kier molecular flexibility index (Phi) is 4.07. The van der Waals surface area contributed by atoms with Crippen molar-refractivity contribution in [3.8, 4) is 0 Å². The molecule has 0 amide bonds. The van der Waals surface area contributed by atoms with Gasteiger partial charge in [-0.2, -0.15) is 0 Å². The molecule has 1 aliphatic carbocycles. The zero-order valence-electron chi connectivity index (χ0n) is 12.2. The molecule has 0 radical (unpaired) electrons. The van der Waals surface area contributed by atoms with Crippen molar-refractivity contribution in [1.29, 1.82) is 0 Å². The van der Waals surface area contributed by atoms with Crippen molar-refractivity contribution in [2.75, 3.05) is 0 Å². The van der Waals surface area contributed by atoms with Crippen LogP contribution >= 0.6 is 0 Å². The number of carbonyl (C=O) groups is 2. The Balaban J connectivity index is 2.18. The molecule has 2 rings (SSSR count). The van der Waals surface area contributed by atoms with Crippen molar-refractivity contribution >= 4 is 11.8 Å². The number of esters is 1. The summed E-state index contributed by atoms with van der Waals surface area (Å²) in [4.78, 5) is 24.2. The van der Waals surface area contributed by atoms with E-state index in [2.05, 4.69) is 13.8 Å². The van der Waals surface area contributed by atoms with Crippen molar-refractivity contribution in [3.05, 3.63) is 47.2 Å². The van der Waals surface area contributed by atoms with Gasteiger partial charge in [0.25, 0.3) is 0 Å². The summed E-state index contributed by atoms with van der Waals surface area (Å²) in [6.45, 7) is 5.89. The molecule has 0 saturated carbocycles. The summed E-state index contributed by atoms with van der Waals surface area (Å²) >= 11 is 0. The quantitative estimate of drug-likeness (QED) is 0.767. The van der Waals surface area contributed by atoms with Crippen LogP contribution in [0.15, 0.2) is 41.7 Å². The van der Waals surface area contributed by atoms with E-state index in [4.69, 9.17) is 4.74 Å². The highest BCUT2D eigenvalue weighted by Gasteiger charge is 2.29. The lowest BCUT2D eigenvalue weighted by atomic mass is 9.84. The fraction of sp³-hybridized carbons (Fsp3) is 0.412. The first kappa shape index (κ1) is 14.5. The number of carbonyl (C=O) groups excluding carboxylic acids is 2. The van der Waals surface area contributed by atoms with Gasteiger partial charge < -0.3 is 4.74 Å². The Bertz CT molecular complexity index is 553. The van der Waals surface area contributed by atoms with Crippen LogP contribution in [0, 0.1) is 5.41 Å². The number of ether oxygens (including phenoxy) is 1. The summed E-state index contributed by atoms with van der Waals surface area (Å²) in [5, 5.41) is 0. The molecule has 0 N–H and O–H groups in total. The molecule has 0 spiro atoms. The zero-order valence-corrected chi connectivity index (χ0v) is 12.2. The van der Waals surface area contributed by atoms with Crippen LogP contribution < -0.4 is 0 Å². The van der Waals surface area contributed by atoms with Gasteiger partial charge in [-0.3, -0.25) is 4.79 Å². The average molecular weight is 272 g/mol. The molecule has 0 heterocycles. The number of Topliss-reactive ketones (excluding diaryl/α,β-unsaturated/α-hetero) is 1. The largest absolute Gasteiger partial charge is 0.427 e. The maximum Gasteiger partial charge on any atom is 0.343 e. The third kappa shape index (κ3) is 3.35. The van der Waals surface area contributed by atoms with Gasteiger partial charge in [-0.05, 0) is 30.9 Å². The van der Waals surface area contributed by atoms with Crippen LogP contribution in [0.4, 0.5) is 0 Å². The highest BCUT2D eigenvalue weighted by atomic mass is 16.5. The molecular formula is C17H20O3. The molecule has 0 fully saturated rings. The maximum atomic E-state index is 12.1. The molecule has 0 unspecified atom stereocenters. The van der Waals surface area contributed by atoms with Gasteiger partial charge >= 0.3 is 5.97 Å². The van der Waals surface area contributed by atoms with Gasteiger partial charge in [-0.1, -0.05) is 32.0 Å². The number of benzene rings is 1. The van der Waals surface area contributed by atoms with Crippen molar-refractivity contribution < 1.29 is 14.3 Å². The predicted octanol–water partition coefficient (Wildman–Crippen LogP) is 3.90. The van der Waals surface area contributed by atoms with E-state index >= 15 is 0 Å². The third-order valence-corrected chi connectivity index (χ3v) is 3.73. The van der Waals surface area contributed by atoms with E-state index in [9.17, 15) is 9.59 Å². The van der Waals surface area contributed by atoms with Crippen molar-refractivity contribution in [1.82, 2.24) is 0 Å². The predicted molar refractivity (Wildman–Crippen MR) is 77.2 cm³/mol. The van der Waals surface area contributed by atoms with Crippen molar-refractivity contribution in [2.24, 2.45) is 5.41 Å². The second-order valence-corrected chi connectivity index (χ2v) is 6.07. The summed E-state index contributed by atoms with van der Waals surface area (Å²) in [6, 6.07) is 8.85. The van der Waals surface area contributed by atoms with Gasteiger partial charge in [0.05, 0.1) is 5.56 Å². The standard InChI is InChI=1S/C17H20O3/c1-12-14(18)11-17(2,3)10-9-15(12)20-16(19)13-7-5-4-6-8-13/h4-8H,9-11H2,1-3H3. The normalized spacial score (nSPS) is 18.6. The minimum Gasteiger partial charge on any atom is -0.427 e. The van der Waals surface area contributed by atoms with E-state index in [1.165, 1.54) is 0 Å². The molecule has 3 nitrogen and oxygen atoms in total. The Labute approximate surface area is 119 Å². The second-order valence-electron chi connectivity index (χ2n) is 6.07. The van der Waals surface area contributed by atoms with Gasteiger partial charge in [-0.25, -0.2) is 4.79 Å². The molecule has 3 heteroatoms. The fourth-order valence-electron chi connectivity index (χ4n) is 2.32. The van der Waals surface area contributed by atoms with Crippen LogP contribution in [0.3, 0.4) is 0 Å². The summed E-state index contributed by atoms with van der Waals surface area (Å²) in [5.74, 6) is 0.199. The van der Waals surface area contributed by atoms with Gasteiger partial charge in [0.15, 0.2) is 5.78 Å². The van der Waals surface area contributed by atoms with E-state index in [1.807, 2.05) is 6.07 Å². The van der Waals surface area contributed by atoms with Crippen LogP contribution in [-0.2, 0) is 9.53 Å². The minimum absolute atomic E-state index is 0.0424. The Hall–Kier alpha value is -1.90. The molecule has 0 bridgehead atoms. The van der Waals surface area contributed by atoms with Gasteiger partial charge in [0, 0.05) is 18.4 Å². The molecule has 106 valence electrons. The van der Waals surface area contributed by atoms with Crippen LogP contribution in [-0.4, -0.2) is 11.8 Å². The van der Waals surface area contributed by atoms with Gasteiger partial charge in [0.1, 0.15) is 5.76 Å². The summed E-state index contributed by atoms with van der Waals surface area (Å²) in [7, 11) is 0. The molecule has 0 aliphatic heterocycles. The Morgan fingerprint density at radius 2 is 1.85 bits per heavy atom. The van der Waals surface area contributed by atoms with Crippen molar-refractivity contribution in [3.63, 3.8) is 0 Å². The second kappa shape index (κ2) is 5.61. The van der Waals surface area contributed by atoms with Crippen LogP contribution in [0.5, 0.6) is 0 Å². The number of hydrogen-bond donors (Lipinski definition) is 0. The van der Waals surface area contributed by atoms with E-state index in [0.29, 0.717) is 29.7 Å². The molecule has 20 heavy (non-hydrogen) atoms. The lowest BCUT2D eigenvalue weighted by Gasteiger charge is -2.20. The molecule has 1 aliphatic rings. The summed E-state index contributed by atoms with van der Waals surface area (Å²) in [5.41, 5.74) is 1.04. The molecule has 1 aromatic rings. The minimum atomic E-state index is -0.396. The van der Waals surface area contributed by atoms with Crippen LogP contribution in [0.25, 0.3) is 0 Å². The van der Waals surface area contributed by atoms with E-state index in [0.717, 1.165) is 6.42 Å². The van der Waals surface area contributed by atoms with Crippen molar-refractivity contribution in [2.45, 2.75) is 40.0 Å².